The highest BCUT2D eigenvalue weighted by molar-refractivity contribution is 6.24. The summed E-state index contributed by atoms with van der Waals surface area (Å²) in [6.07, 6.45) is -0.214. The number of nitrogens with zero attached hydrogens (tertiary/aromatic N) is 2. The summed E-state index contributed by atoms with van der Waals surface area (Å²) in [7, 11) is 4.89. The van der Waals surface area contributed by atoms with Gasteiger partial charge in [0.1, 0.15) is 28.7 Å². The Morgan fingerprint density at radius 3 is 2.37 bits per heavy atom. The highest BCUT2D eigenvalue weighted by Crippen LogP contribution is 2.52. The van der Waals surface area contributed by atoms with Gasteiger partial charge in [-0.2, -0.15) is 0 Å². The smallest absolute Gasteiger partial charge is 0.255 e. The molecule has 2 aromatic rings. The number of Topliss-reactive ketones (excluding diaryl/α,β-unsaturated/α-hetero) is 2. The number of hydrogen-bond donors (Lipinski definition) is 5. The first kappa shape index (κ1) is 28.5. The van der Waals surface area contributed by atoms with Gasteiger partial charge >= 0.3 is 0 Å². The minimum atomic E-state index is -2.74. The number of carbonyl (C=O) groups excluding carboxylic acids is 3. The number of aromatic hydroxyl groups is 1. The van der Waals surface area contributed by atoms with Crippen LogP contribution in [0.1, 0.15) is 33.5 Å². The maximum absolute atomic E-state index is 16.0. The van der Waals surface area contributed by atoms with Crippen molar-refractivity contribution in [2.24, 2.45) is 17.6 Å². The number of fused-ring (bicyclic) bond motifs is 3. The first-order chi connectivity index (χ1) is 19.3. The summed E-state index contributed by atoms with van der Waals surface area (Å²) in [5.74, 6) is -8.34. The van der Waals surface area contributed by atoms with Gasteiger partial charge in [-0.1, -0.05) is 30.3 Å². The molecule has 0 aliphatic heterocycles. The number of carbonyl (C=O) groups is 3. The van der Waals surface area contributed by atoms with Crippen molar-refractivity contribution in [3.05, 3.63) is 87.1 Å². The molecule has 2 aromatic carbocycles. The molecule has 0 unspecified atom stereocenters. The van der Waals surface area contributed by atoms with Crippen LogP contribution in [-0.2, 0) is 29.1 Å². The molecule has 10 nitrogen and oxygen atoms in total. The number of phenols is 1. The van der Waals surface area contributed by atoms with E-state index in [9.17, 15) is 34.8 Å². The number of likely N-dealkylation sites (N-methyl/N-ethyl adjacent to an activating group) is 1. The summed E-state index contributed by atoms with van der Waals surface area (Å²) >= 11 is 0. The van der Waals surface area contributed by atoms with Crippen LogP contribution in [0.3, 0.4) is 0 Å². The Balaban J connectivity index is 1.57. The van der Waals surface area contributed by atoms with Gasteiger partial charge in [-0.3, -0.25) is 24.2 Å². The predicted octanol–water partition coefficient (Wildman–Crippen LogP) is 1.89. The number of nitrogens with two attached hydrogens (primary N) is 1. The van der Waals surface area contributed by atoms with E-state index >= 15 is 4.39 Å². The van der Waals surface area contributed by atoms with E-state index in [0.29, 0.717) is 6.54 Å². The summed E-state index contributed by atoms with van der Waals surface area (Å²) < 4.78 is 16.0. The molecule has 4 atom stereocenters. The molecule has 41 heavy (non-hydrogen) atoms. The van der Waals surface area contributed by atoms with Gasteiger partial charge in [-0.05, 0) is 51.5 Å². The Hall–Kier alpha value is -4.06. The average molecular weight is 566 g/mol. The zero-order chi connectivity index (χ0) is 30.0. The second-order valence-electron chi connectivity index (χ2n) is 11.3. The molecule has 0 heterocycles. The standard InChI is InChI=1S/C30H32FN3O7/c1-33(2)24-18-10-15-9-17-21(19(35)11-16(23(17)31)13-34(3)12-14-7-5-4-6-8-14)25(36)20(15)27(38)30(18,41)28(39)22(26(24)37)29(32)40/h4-8,11,15,18,24,35,37-38,41H,9-10,12-13H2,1-3H3,(H2,32,40)/t15-,18-,24-,30-/m0/s1. The molecule has 5 rings (SSSR count). The molecule has 3 aliphatic rings. The zero-order valence-electron chi connectivity index (χ0n) is 22.9. The largest absolute Gasteiger partial charge is 0.510 e. The highest BCUT2D eigenvalue weighted by Gasteiger charge is 2.63. The third kappa shape index (κ3) is 4.32. The molecule has 3 aliphatic carbocycles. The van der Waals surface area contributed by atoms with Crippen LogP contribution in [0.5, 0.6) is 5.75 Å². The summed E-state index contributed by atoms with van der Waals surface area (Å²) in [5.41, 5.74) is 2.22. The van der Waals surface area contributed by atoms with Crippen molar-refractivity contribution >= 4 is 17.5 Å². The molecular formula is C30H32FN3O7. The predicted molar refractivity (Wildman–Crippen MR) is 145 cm³/mol. The van der Waals surface area contributed by atoms with Gasteiger partial charge in [0.25, 0.3) is 5.91 Å². The molecular weight excluding hydrogens is 533 g/mol. The SMILES string of the molecule is CN(Cc1ccccc1)Cc1cc(O)c2c(c1F)C[C@H]1C[C@H]3[C@H](N(C)C)C(O)=C(C(N)=O)C(=O)[C@@]3(O)C(O)=C1C2=O. The quantitative estimate of drug-likeness (QED) is 0.329. The van der Waals surface area contributed by atoms with E-state index < -0.39 is 69.6 Å². The molecule has 216 valence electrons. The van der Waals surface area contributed by atoms with Crippen molar-refractivity contribution in [2.75, 3.05) is 21.1 Å². The second kappa shape index (κ2) is 10.1. The first-order valence-corrected chi connectivity index (χ1v) is 13.2. The molecule has 1 amide bonds. The maximum atomic E-state index is 16.0. The molecule has 0 saturated carbocycles. The van der Waals surface area contributed by atoms with Crippen LogP contribution in [0.2, 0.25) is 0 Å². The number of aliphatic hydroxyl groups excluding tert-OH is 2. The molecule has 0 radical (unpaired) electrons. The number of aliphatic hydroxyl groups is 3. The van der Waals surface area contributed by atoms with Crippen LogP contribution in [0.15, 0.2) is 59.1 Å². The van der Waals surface area contributed by atoms with Gasteiger partial charge in [0.05, 0.1) is 11.6 Å². The summed E-state index contributed by atoms with van der Waals surface area (Å²) in [6.45, 7) is 0.660. The number of hydrogen-bond acceptors (Lipinski definition) is 9. The van der Waals surface area contributed by atoms with Crippen molar-refractivity contribution in [3.63, 3.8) is 0 Å². The minimum absolute atomic E-state index is 0.0220. The van der Waals surface area contributed by atoms with E-state index in [-0.39, 0.29) is 41.6 Å². The fourth-order valence-electron chi connectivity index (χ4n) is 6.71. The van der Waals surface area contributed by atoms with Gasteiger partial charge in [-0.25, -0.2) is 4.39 Å². The lowest BCUT2D eigenvalue weighted by Gasteiger charge is -2.50. The number of ketones is 2. The number of phenolic OH excluding ortho intramolecular Hbond substituents is 1. The van der Waals surface area contributed by atoms with Crippen molar-refractivity contribution in [3.8, 4) is 5.75 Å². The minimum Gasteiger partial charge on any atom is -0.510 e. The fraction of sp³-hybridized carbons (Fsp3) is 0.367. The van der Waals surface area contributed by atoms with Crippen LogP contribution in [-0.4, -0.2) is 80.5 Å². The van der Waals surface area contributed by atoms with Crippen molar-refractivity contribution < 1.29 is 39.2 Å². The Morgan fingerprint density at radius 1 is 1.10 bits per heavy atom. The highest BCUT2D eigenvalue weighted by atomic mass is 19.1. The number of primary amides is 1. The van der Waals surface area contributed by atoms with E-state index in [1.54, 1.807) is 21.1 Å². The lowest BCUT2D eigenvalue weighted by atomic mass is 9.58. The number of allylic oxidation sites excluding steroid dienone is 1. The third-order valence-corrected chi connectivity index (χ3v) is 8.47. The number of benzene rings is 2. The second-order valence-corrected chi connectivity index (χ2v) is 11.3. The van der Waals surface area contributed by atoms with Crippen LogP contribution >= 0.6 is 0 Å². The lowest BCUT2D eigenvalue weighted by Crippen LogP contribution is -2.63. The van der Waals surface area contributed by atoms with E-state index in [2.05, 4.69) is 0 Å². The van der Waals surface area contributed by atoms with Gasteiger partial charge in [0, 0.05) is 35.7 Å². The molecule has 11 heteroatoms. The summed E-state index contributed by atoms with van der Waals surface area (Å²) in [6, 6.07) is 9.64. The Morgan fingerprint density at radius 2 is 1.76 bits per heavy atom. The van der Waals surface area contributed by atoms with Crippen molar-refractivity contribution in [2.45, 2.75) is 37.6 Å². The zero-order valence-corrected chi connectivity index (χ0v) is 22.9. The first-order valence-electron chi connectivity index (χ1n) is 13.2. The Kier molecular flexibility index (Phi) is 7.01. The van der Waals surface area contributed by atoms with Crippen LogP contribution in [0.4, 0.5) is 4.39 Å². The molecule has 0 saturated heterocycles. The molecule has 0 aromatic heterocycles. The van der Waals surface area contributed by atoms with E-state index in [0.717, 1.165) is 5.56 Å². The Bertz CT molecular complexity index is 1530. The van der Waals surface area contributed by atoms with E-state index in [4.69, 9.17) is 5.73 Å². The average Bonchev–Trinajstić information content (AvgIpc) is 2.89. The van der Waals surface area contributed by atoms with E-state index in [1.165, 1.54) is 11.0 Å². The monoisotopic (exact) mass is 565 g/mol. The topological polar surface area (TPSA) is 165 Å². The van der Waals surface area contributed by atoms with Gasteiger partial charge in [0.2, 0.25) is 5.78 Å². The summed E-state index contributed by atoms with van der Waals surface area (Å²) in [5, 5.41) is 44.7. The van der Waals surface area contributed by atoms with E-state index in [1.807, 2.05) is 35.2 Å². The third-order valence-electron chi connectivity index (χ3n) is 8.47. The number of amides is 1. The van der Waals surface area contributed by atoms with Crippen LogP contribution in [0.25, 0.3) is 0 Å². The Labute approximate surface area is 235 Å². The molecule has 0 fully saturated rings. The lowest BCUT2D eigenvalue weighted by molar-refractivity contribution is -0.148. The van der Waals surface area contributed by atoms with Crippen LogP contribution in [0, 0.1) is 17.7 Å². The normalized spacial score (nSPS) is 25.9. The molecule has 6 N–H and O–H groups in total. The summed E-state index contributed by atoms with van der Waals surface area (Å²) in [4.78, 5) is 42.4. The van der Waals surface area contributed by atoms with Gasteiger partial charge in [-0.15, -0.1) is 0 Å². The van der Waals surface area contributed by atoms with Crippen molar-refractivity contribution in [1.82, 2.24) is 9.80 Å². The maximum Gasteiger partial charge on any atom is 0.255 e. The van der Waals surface area contributed by atoms with Gasteiger partial charge < -0.3 is 26.2 Å². The molecule has 0 spiro atoms. The fourth-order valence-corrected chi connectivity index (χ4v) is 6.71. The number of rotatable bonds is 6. The molecule has 0 bridgehead atoms. The number of halogens is 1. The van der Waals surface area contributed by atoms with Crippen LogP contribution < -0.4 is 5.73 Å². The van der Waals surface area contributed by atoms with Gasteiger partial charge in [0.15, 0.2) is 11.4 Å². The van der Waals surface area contributed by atoms with Crippen molar-refractivity contribution in [1.29, 1.82) is 0 Å².